The van der Waals surface area contributed by atoms with Gasteiger partial charge in [-0.1, -0.05) is 19.9 Å². The molecule has 0 saturated heterocycles. The van der Waals surface area contributed by atoms with Crippen LogP contribution < -0.4 is 0 Å². The summed E-state index contributed by atoms with van der Waals surface area (Å²) in [4.78, 5) is 10.8. The monoisotopic (exact) mass is 206 g/mol. The van der Waals surface area contributed by atoms with Crippen LogP contribution in [0.4, 0.5) is 0 Å². The van der Waals surface area contributed by atoms with Crippen LogP contribution >= 0.6 is 0 Å². The Morgan fingerprint density at radius 1 is 1.33 bits per heavy atom. The number of hydrogen-bond acceptors (Lipinski definition) is 2. The minimum atomic E-state index is -0.925. The first-order chi connectivity index (χ1) is 7.18. The standard InChI is InChI=1S/C10H8O3.C2H6/c1-6-5-8-7(10(11)12)3-2-4-9(8)13-6;1-2/h2-5H,1H3,(H,11,12);1-2H3. The van der Waals surface area contributed by atoms with Crippen LogP contribution in [-0.4, -0.2) is 11.1 Å². The normalized spacial score (nSPS) is 9.53. The van der Waals surface area contributed by atoms with Crippen molar-refractivity contribution in [3.63, 3.8) is 0 Å². The maximum absolute atomic E-state index is 10.8. The predicted molar refractivity (Wildman–Crippen MR) is 59.3 cm³/mol. The molecule has 0 aliphatic heterocycles. The highest BCUT2D eigenvalue weighted by atomic mass is 16.4. The van der Waals surface area contributed by atoms with E-state index in [-0.39, 0.29) is 5.56 Å². The molecule has 3 heteroatoms. The molecule has 0 atom stereocenters. The zero-order valence-electron chi connectivity index (χ0n) is 9.07. The van der Waals surface area contributed by atoms with Crippen LogP contribution in [0.15, 0.2) is 28.7 Å². The molecule has 0 spiro atoms. The van der Waals surface area contributed by atoms with Crippen molar-refractivity contribution in [1.82, 2.24) is 0 Å². The van der Waals surface area contributed by atoms with Crippen molar-refractivity contribution in [3.05, 3.63) is 35.6 Å². The van der Waals surface area contributed by atoms with Crippen molar-refractivity contribution in [1.29, 1.82) is 0 Å². The number of carboxylic acids is 1. The van der Waals surface area contributed by atoms with E-state index in [1.54, 1.807) is 31.2 Å². The quantitative estimate of drug-likeness (QED) is 0.777. The smallest absolute Gasteiger partial charge is 0.336 e. The molecule has 15 heavy (non-hydrogen) atoms. The van der Waals surface area contributed by atoms with Crippen LogP contribution in [0.3, 0.4) is 0 Å². The highest BCUT2D eigenvalue weighted by Gasteiger charge is 2.10. The molecule has 0 aliphatic rings. The van der Waals surface area contributed by atoms with Crippen LogP contribution in [0.2, 0.25) is 0 Å². The van der Waals surface area contributed by atoms with Gasteiger partial charge >= 0.3 is 5.97 Å². The molecule has 0 radical (unpaired) electrons. The average molecular weight is 206 g/mol. The summed E-state index contributed by atoms with van der Waals surface area (Å²) >= 11 is 0. The summed E-state index contributed by atoms with van der Waals surface area (Å²) in [7, 11) is 0. The van der Waals surface area contributed by atoms with Gasteiger partial charge in [-0.25, -0.2) is 4.79 Å². The van der Waals surface area contributed by atoms with E-state index in [4.69, 9.17) is 9.52 Å². The van der Waals surface area contributed by atoms with Gasteiger partial charge in [-0.3, -0.25) is 0 Å². The summed E-state index contributed by atoms with van der Waals surface area (Å²) in [6, 6.07) is 6.74. The van der Waals surface area contributed by atoms with Gasteiger partial charge in [-0.05, 0) is 25.1 Å². The molecule has 2 aromatic rings. The third kappa shape index (κ3) is 2.18. The number of rotatable bonds is 1. The van der Waals surface area contributed by atoms with Crippen molar-refractivity contribution in [2.75, 3.05) is 0 Å². The highest BCUT2D eigenvalue weighted by Crippen LogP contribution is 2.22. The number of furan rings is 1. The fourth-order valence-electron chi connectivity index (χ4n) is 1.37. The van der Waals surface area contributed by atoms with E-state index in [9.17, 15) is 4.79 Å². The Morgan fingerprint density at radius 3 is 2.60 bits per heavy atom. The van der Waals surface area contributed by atoms with Crippen LogP contribution in [0.1, 0.15) is 30.0 Å². The van der Waals surface area contributed by atoms with Gasteiger partial charge in [0.25, 0.3) is 0 Å². The molecule has 0 aliphatic carbocycles. The Hall–Kier alpha value is -1.77. The van der Waals surface area contributed by atoms with Crippen molar-refractivity contribution >= 4 is 16.9 Å². The van der Waals surface area contributed by atoms with E-state index < -0.39 is 5.97 Å². The zero-order chi connectivity index (χ0) is 11.4. The first kappa shape index (κ1) is 11.3. The molecular weight excluding hydrogens is 192 g/mol. The van der Waals surface area contributed by atoms with Gasteiger partial charge in [0.2, 0.25) is 0 Å². The summed E-state index contributed by atoms with van der Waals surface area (Å²) in [5.74, 6) is -0.199. The Bertz CT molecular complexity index is 469. The van der Waals surface area contributed by atoms with Gasteiger partial charge in [0, 0.05) is 5.39 Å². The third-order valence-corrected chi connectivity index (χ3v) is 1.92. The lowest BCUT2D eigenvalue weighted by Crippen LogP contribution is -1.95. The Kier molecular flexibility index (Phi) is 3.50. The van der Waals surface area contributed by atoms with E-state index in [1.165, 1.54) is 0 Å². The summed E-state index contributed by atoms with van der Waals surface area (Å²) in [6.45, 7) is 5.80. The molecule has 3 nitrogen and oxygen atoms in total. The highest BCUT2D eigenvalue weighted by molar-refractivity contribution is 6.02. The zero-order valence-corrected chi connectivity index (χ0v) is 9.07. The van der Waals surface area contributed by atoms with E-state index in [2.05, 4.69) is 0 Å². The van der Waals surface area contributed by atoms with Gasteiger partial charge in [0.15, 0.2) is 0 Å². The fourth-order valence-corrected chi connectivity index (χ4v) is 1.37. The van der Waals surface area contributed by atoms with E-state index >= 15 is 0 Å². The van der Waals surface area contributed by atoms with Crippen LogP contribution in [-0.2, 0) is 0 Å². The minimum absolute atomic E-state index is 0.286. The lowest BCUT2D eigenvalue weighted by molar-refractivity contribution is 0.0699. The molecule has 1 aromatic heterocycles. The van der Waals surface area contributed by atoms with Crippen LogP contribution in [0, 0.1) is 6.92 Å². The van der Waals surface area contributed by atoms with Crippen LogP contribution in [0.25, 0.3) is 11.0 Å². The van der Waals surface area contributed by atoms with Crippen molar-refractivity contribution in [2.45, 2.75) is 20.8 Å². The van der Waals surface area contributed by atoms with Crippen LogP contribution in [0.5, 0.6) is 0 Å². The average Bonchev–Trinajstić information content (AvgIpc) is 2.60. The number of carbonyl (C=O) groups is 1. The SMILES string of the molecule is CC.Cc1cc2c(C(=O)O)cccc2o1. The van der Waals surface area contributed by atoms with E-state index in [0.29, 0.717) is 11.0 Å². The summed E-state index contributed by atoms with van der Waals surface area (Å²) in [6.07, 6.45) is 0. The van der Waals surface area contributed by atoms with Gasteiger partial charge < -0.3 is 9.52 Å². The first-order valence-corrected chi connectivity index (χ1v) is 4.91. The molecule has 2 rings (SSSR count). The summed E-state index contributed by atoms with van der Waals surface area (Å²) in [5.41, 5.74) is 0.909. The first-order valence-electron chi connectivity index (χ1n) is 4.91. The molecule has 0 fully saturated rings. The van der Waals surface area contributed by atoms with E-state index in [0.717, 1.165) is 5.76 Å². The van der Waals surface area contributed by atoms with Gasteiger partial charge in [0.05, 0.1) is 5.56 Å². The molecule has 0 unspecified atom stereocenters. The maximum Gasteiger partial charge on any atom is 0.336 e. The number of hydrogen-bond donors (Lipinski definition) is 1. The number of carboxylic acid groups (broad SMARTS) is 1. The Balaban J connectivity index is 0.000000531. The number of aromatic carboxylic acids is 1. The topological polar surface area (TPSA) is 50.4 Å². The number of aryl methyl sites for hydroxylation is 1. The predicted octanol–water partition coefficient (Wildman–Crippen LogP) is 3.47. The van der Waals surface area contributed by atoms with Crippen molar-refractivity contribution in [3.8, 4) is 0 Å². The molecule has 0 amide bonds. The summed E-state index contributed by atoms with van der Waals surface area (Å²) < 4.78 is 5.30. The molecule has 1 heterocycles. The lowest BCUT2D eigenvalue weighted by Gasteiger charge is -1.93. The fraction of sp³-hybridized carbons (Fsp3) is 0.250. The molecular formula is C12H14O3. The molecule has 0 bridgehead atoms. The number of benzene rings is 1. The van der Waals surface area contributed by atoms with Gasteiger partial charge in [-0.15, -0.1) is 0 Å². The molecule has 80 valence electrons. The largest absolute Gasteiger partial charge is 0.478 e. The van der Waals surface area contributed by atoms with Crippen molar-refractivity contribution in [2.24, 2.45) is 0 Å². The van der Waals surface area contributed by atoms with E-state index in [1.807, 2.05) is 13.8 Å². The second kappa shape index (κ2) is 4.64. The summed E-state index contributed by atoms with van der Waals surface area (Å²) in [5, 5.41) is 9.51. The molecule has 1 aromatic carbocycles. The maximum atomic E-state index is 10.8. The second-order valence-electron chi connectivity index (χ2n) is 2.88. The minimum Gasteiger partial charge on any atom is -0.478 e. The molecule has 0 saturated carbocycles. The van der Waals surface area contributed by atoms with Crippen molar-refractivity contribution < 1.29 is 14.3 Å². The Labute approximate surface area is 88.3 Å². The third-order valence-electron chi connectivity index (χ3n) is 1.92. The molecule has 1 N–H and O–H groups in total. The Morgan fingerprint density at radius 2 is 2.00 bits per heavy atom. The van der Waals surface area contributed by atoms with Gasteiger partial charge in [-0.2, -0.15) is 0 Å². The second-order valence-corrected chi connectivity index (χ2v) is 2.88. The number of fused-ring (bicyclic) bond motifs is 1. The lowest BCUT2D eigenvalue weighted by atomic mass is 10.1. The van der Waals surface area contributed by atoms with Gasteiger partial charge in [0.1, 0.15) is 11.3 Å².